The number of halogens is 1. The van der Waals surface area contributed by atoms with Gasteiger partial charge in [-0.2, -0.15) is 0 Å². The lowest BCUT2D eigenvalue weighted by Gasteiger charge is -2.12. The molecular formula is C12H20ClN3S. The molecule has 0 amide bonds. The van der Waals surface area contributed by atoms with Crippen LogP contribution in [0.4, 0.5) is 0 Å². The molecule has 1 rings (SSSR count). The Morgan fingerprint density at radius 2 is 1.94 bits per heavy atom. The number of aromatic nitrogens is 2. The highest BCUT2D eigenvalue weighted by Gasteiger charge is 2.12. The van der Waals surface area contributed by atoms with Crippen LogP contribution in [0.5, 0.6) is 0 Å². The molecule has 0 aliphatic carbocycles. The van der Waals surface area contributed by atoms with E-state index in [9.17, 15) is 0 Å². The largest absolute Gasteiger partial charge is 0.309 e. The zero-order valence-electron chi connectivity index (χ0n) is 11.1. The van der Waals surface area contributed by atoms with Crippen molar-refractivity contribution in [1.29, 1.82) is 0 Å². The Labute approximate surface area is 113 Å². The molecule has 0 unspecified atom stereocenters. The normalized spacial score (nSPS) is 11.5. The van der Waals surface area contributed by atoms with Gasteiger partial charge in [-0.15, -0.1) is 11.8 Å². The smallest absolute Gasteiger partial charge is 0.136 e. The predicted molar refractivity (Wildman–Crippen MR) is 75.1 cm³/mol. The SMILES string of the molecule is Cc1c(Cl)nc(C(C)C)nc1SCCN(C)C. The van der Waals surface area contributed by atoms with Crippen LogP contribution in [0.1, 0.15) is 31.2 Å². The maximum Gasteiger partial charge on any atom is 0.136 e. The van der Waals surface area contributed by atoms with Crippen molar-refractivity contribution >= 4 is 23.4 Å². The standard InChI is InChI=1S/C12H20ClN3S/c1-8(2)11-14-10(13)9(3)12(15-11)17-7-6-16(4)5/h8H,6-7H2,1-5H3. The summed E-state index contributed by atoms with van der Waals surface area (Å²) in [5, 5.41) is 1.59. The van der Waals surface area contributed by atoms with Gasteiger partial charge < -0.3 is 4.90 Å². The minimum Gasteiger partial charge on any atom is -0.309 e. The molecule has 1 heterocycles. The first-order valence-electron chi connectivity index (χ1n) is 5.73. The highest BCUT2D eigenvalue weighted by atomic mass is 35.5. The van der Waals surface area contributed by atoms with Gasteiger partial charge in [0.15, 0.2) is 0 Å². The van der Waals surface area contributed by atoms with E-state index in [-0.39, 0.29) is 0 Å². The van der Waals surface area contributed by atoms with E-state index in [1.165, 1.54) is 0 Å². The van der Waals surface area contributed by atoms with Crippen LogP contribution in [0, 0.1) is 6.92 Å². The second-order valence-corrected chi connectivity index (χ2v) is 6.05. The van der Waals surface area contributed by atoms with Crippen molar-refractivity contribution in [2.45, 2.75) is 31.7 Å². The Hall–Kier alpha value is -0.320. The number of thioether (sulfide) groups is 1. The monoisotopic (exact) mass is 273 g/mol. The van der Waals surface area contributed by atoms with Crippen molar-refractivity contribution in [2.75, 3.05) is 26.4 Å². The van der Waals surface area contributed by atoms with E-state index < -0.39 is 0 Å². The molecule has 0 spiro atoms. The molecular weight excluding hydrogens is 254 g/mol. The summed E-state index contributed by atoms with van der Waals surface area (Å²) in [6, 6.07) is 0. The molecule has 17 heavy (non-hydrogen) atoms. The van der Waals surface area contributed by atoms with Crippen molar-refractivity contribution in [3.05, 3.63) is 16.5 Å². The van der Waals surface area contributed by atoms with Crippen molar-refractivity contribution in [3.63, 3.8) is 0 Å². The van der Waals surface area contributed by atoms with E-state index >= 15 is 0 Å². The Morgan fingerprint density at radius 3 is 2.47 bits per heavy atom. The fourth-order valence-electron chi connectivity index (χ4n) is 1.21. The summed E-state index contributed by atoms with van der Waals surface area (Å²) in [6.07, 6.45) is 0. The summed E-state index contributed by atoms with van der Waals surface area (Å²) in [4.78, 5) is 11.0. The average Bonchev–Trinajstić information content (AvgIpc) is 2.23. The molecule has 0 aromatic carbocycles. The maximum absolute atomic E-state index is 6.13. The topological polar surface area (TPSA) is 29.0 Å². The van der Waals surface area contributed by atoms with E-state index in [1.807, 2.05) is 6.92 Å². The summed E-state index contributed by atoms with van der Waals surface area (Å²) in [5.41, 5.74) is 0.986. The van der Waals surface area contributed by atoms with Gasteiger partial charge in [-0.05, 0) is 21.0 Å². The van der Waals surface area contributed by atoms with E-state index in [1.54, 1.807) is 11.8 Å². The molecule has 0 fully saturated rings. The molecule has 1 aromatic rings. The molecule has 0 aliphatic heterocycles. The number of rotatable bonds is 5. The van der Waals surface area contributed by atoms with Crippen LogP contribution in [0.2, 0.25) is 5.15 Å². The summed E-state index contributed by atoms with van der Waals surface area (Å²) in [7, 11) is 4.14. The van der Waals surface area contributed by atoms with Gasteiger partial charge >= 0.3 is 0 Å². The third-order valence-electron chi connectivity index (χ3n) is 2.35. The first-order chi connectivity index (χ1) is 7.91. The van der Waals surface area contributed by atoms with Gasteiger partial charge in [-0.3, -0.25) is 0 Å². The second-order valence-electron chi connectivity index (χ2n) is 4.61. The van der Waals surface area contributed by atoms with E-state index in [0.29, 0.717) is 11.1 Å². The molecule has 0 radical (unpaired) electrons. The molecule has 0 bridgehead atoms. The molecule has 0 saturated carbocycles. The number of hydrogen-bond donors (Lipinski definition) is 0. The summed E-state index contributed by atoms with van der Waals surface area (Å²) in [6.45, 7) is 7.16. The Balaban J connectivity index is 2.82. The molecule has 5 heteroatoms. The first kappa shape index (κ1) is 14.7. The minimum absolute atomic E-state index is 0.307. The van der Waals surface area contributed by atoms with Gasteiger partial charge in [0.1, 0.15) is 16.0 Å². The minimum atomic E-state index is 0.307. The van der Waals surface area contributed by atoms with E-state index in [4.69, 9.17) is 11.6 Å². The van der Waals surface area contributed by atoms with Gasteiger partial charge in [0.25, 0.3) is 0 Å². The van der Waals surface area contributed by atoms with Crippen LogP contribution in [-0.4, -0.2) is 41.3 Å². The Morgan fingerprint density at radius 1 is 1.29 bits per heavy atom. The van der Waals surface area contributed by atoms with Crippen LogP contribution >= 0.6 is 23.4 Å². The van der Waals surface area contributed by atoms with Crippen LogP contribution in [-0.2, 0) is 0 Å². The zero-order valence-corrected chi connectivity index (χ0v) is 12.7. The van der Waals surface area contributed by atoms with Crippen molar-refractivity contribution in [2.24, 2.45) is 0 Å². The van der Waals surface area contributed by atoms with Crippen LogP contribution in [0.25, 0.3) is 0 Å². The second kappa shape index (κ2) is 6.57. The quantitative estimate of drug-likeness (QED) is 0.609. The molecule has 96 valence electrons. The van der Waals surface area contributed by atoms with Crippen molar-refractivity contribution < 1.29 is 0 Å². The van der Waals surface area contributed by atoms with Gasteiger partial charge in [0.05, 0.1) is 0 Å². The van der Waals surface area contributed by atoms with Crippen molar-refractivity contribution in [3.8, 4) is 0 Å². The summed E-state index contributed by atoms with van der Waals surface area (Å²) < 4.78 is 0. The lowest BCUT2D eigenvalue weighted by Crippen LogP contribution is -2.15. The van der Waals surface area contributed by atoms with Crippen molar-refractivity contribution in [1.82, 2.24) is 14.9 Å². The van der Waals surface area contributed by atoms with E-state index in [2.05, 4.69) is 42.8 Å². The number of hydrogen-bond acceptors (Lipinski definition) is 4. The zero-order chi connectivity index (χ0) is 13.0. The Kier molecular flexibility index (Phi) is 5.70. The molecule has 3 nitrogen and oxygen atoms in total. The molecule has 0 aliphatic rings. The predicted octanol–water partition coefficient (Wildman–Crippen LogP) is 3.22. The highest BCUT2D eigenvalue weighted by Crippen LogP contribution is 2.26. The molecule has 0 saturated heterocycles. The lowest BCUT2D eigenvalue weighted by atomic mass is 10.2. The first-order valence-corrected chi connectivity index (χ1v) is 7.09. The maximum atomic E-state index is 6.13. The summed E-state index contributed by atoms with van der Waals surface area (Å²) >= 11 is 7.87. The summed E-state index contributed by atoms with van der Waals surface area (Å²) in [5.74, 6) is 2.15. The van der Waals surface area contributed by atoms with Gasteiger partial charge in [-0.25, -0.2) is 9.97 Å². The average molecular weight is 274 g/mol. The third-order valence-corrected chi connectivity index (χ3v) is 3.78. The molecule has 1 aromatic heterocycles. The Bertz CT molecular complexity index is 380. The van der Waals surface area contributed by atoms with Crippen LogP contribution in [0.15, 0.2) is 5.03 Å². The van der Waals surface area contributed by atoms with Crippen LogP contribution < -0.4 is 0 Å². The fourth-order valence-corrected chi connectivity index (χ4v) is 2.56. The number of nitrogens with zero attached hydrogens (tertiary/aromatic N) is 3. The van der Waals surface area contributed by atoms with Crippen LogP contribution in [0.3, 0.4) is 0 Å². The highest BCUT2D eigenvalue weighted by molar-refractivity contribution is 7.99. The lowest BCUT2D eigenvalue weighted by molar-refractivity contribution is 0.437. The van der Waals surface area contributed by atoms with E-state index in [0.717, 1.165) is 28.7 Å². The van der Waals surface area contributed by atoms with Gasteiger partial charge in [0.2, 0.25) is 0 Å². The molecule has 0 atom stereocenters. The fraction of sp³-hybridized carbons (Fsp3) is 0.667. The molecule has 0 N–H and O–H groups in total. The third kappa shape index (κ3) is 4.45. The van der Waals surface area contributed by atoms with Gasteiger partial charge in [-0.1, -0.05) is 25.4 Å². The van der Waals surface area contributed by atoms with Gasteiger partial charge in [0, 0.05) is 23.8 Å².